The van der Waals surface area contributed by atoms with Crippen LogP contribution in [0.15, 0.2) is 18.2 Å². The molecule has 0 aromatic heterocycles. The molecule has 0 heterocycles. The van der Waals surface area contributed by atoms with Crippen molar-refractivity contribution < 1.29 is 22.0 Å². The number of halogens is 5. The summed E-state index contributed by atoms with van der Waals surface area (Å²) >= 11 is 0. The van der Waals surface area contributed by atoms with Crippen LogP contribution in [0.4, 0.5) is 22.0 Å². The van der Waals surface area contributed by atoms with Crippen LogP contribution in [0.3, 0.4) is 0 Å². The molecule has 18 heavy (non-hydrogen) atoms. The summed E-state index contributed by atoms with van der Waals surface area (Å²) in [6, 6.07) is 2.49. The highest BCUT2D eigenvalue weighted by molar-refractivity contribution is 5.21. The zero-order chi connectivity index (χ0) is 13.8. The van der Waals surface area contributed by atoms with Crippen LogP contribution in [0.1, 0.15) is 30.9 Å². The lowest BCUT2D eigenvalue weighted by atomic mass is 10.0. The Labute approximate surface area is 102 Å². The lowest BCUT2D eigenvalue weighted by molar-refractivity contribution is -0.135. The molecule has 0 radical (unpaired) electrons. The quantitative estimate of drug-likeness (QED) is 0.796. The first-order valence-corrected chi connectivity index (χ1v) is 5.52. The van der Waals surface area contributed by atoms with Crippen molar-refractivity contribution in [2.45, 2.75) is 31.5 Å². The van der Waals surface area contributed by atoms with Crippen LogP contribution < -0.4 is 5.32 Å². The minimum Gasteiger partial charge on any atom is -0.313 e. The molecule has 1 aromatic rings. The van der Waals surface area contributed by atoms with Crippen LogP contribution in [-0.4, -0.2) is 13.2 Å². The smallest absolute Gasteiger partial charge is 0.313 e. The van der Waals surface area contributed by atoms with Gasteiger partial charge < -0.3 is 5.32 Å². The van der Waals surface area contributed by atoms with Crippen molar-refractivity contribution >= 4 is 0 Å². The number of rotatable bonds is 5. The molecule has 0 spiro atoms. The molecule has 1 rings (SSSR count). The van der Waals surface area contributed by atoms with E-state index in [0.717, 1.165) is 18.2 Å². The molecule has 0 aliphatic carbocycles. The number of hydrogen-bond donors (Lipinski definition) is 1. The summed E-state index contributed by atoms with van der Waals surface area (Å²) in [6.07, 6.45) is -5.03. The van der Waals surface area contributed by atoms with Crippen molar-refractivity contribution in [2.75, 3.05) is 7.05 Å². The molecule has 0 saturated heterocycles. The van der Waals surface area contributed by atoms with E-state index in [0.29, 0.717) is 5.56 Å². The fourth-order valence-corrected chi connectivity index (χ4v) is 1.76. The first-order valence-electron chi connectivity index (χ1n) is 5.52. The minimum atomic E-state index is -4.20. The molecule has 1 nitrogen and oxygen atoms in total. The number of alkyl halides is 3. The minimum absolute atomic E-state index is 0.0901. The van der Waals surface area contributed by atoms with E-state index in [-0.39, 0.29) is 12.8 Å². The Morgan fingerprint density at radius 1 is 1.11 bits per heavy atom. The standard InChI is InChI=1S/C12H14F5N/c1-18-11(3-2-4-12(15,16)17)8-5-9(13)7-10(14)6-8/h5-7,11,18H,2-4H2,1H3. The third kappa shape index (κ3) is 5.00. The van der Waals surface area contributed by atoms with Gasteiger partial charge in [-0.25, -0.2) is 8.78 Å². The van der Waals surface area contributed by atoms with Gasteiger partial charge >= 0.3 is 6.18 Å². The summed E-state index contributed by atoms with van der Waals surface area (Å²) in [5.74, 6) is -1.47. The second kappa shape index (κ2) is 6.13. The molecule has 0 aliphatic rings. The lowest BCUT2D eigenvalue weighted by Gasteiger charge is -2.17. The molecule has 6 heteroatoms. The van der Waals surface area contributed by atoms with E-state index in [1.165, 1.54) is 0 Å². The summed E-state index contributed by atoms with van der Waals surface area (Å²) in [7, 11) is 1.54. The second-order valence-electron chi connectivity index (χ2n) is 4.05. The largest absolute Gasteiger partial charge is 0.389 e. The van der Waals surface area contributed by atoms with Gasteiger partial charge in [-0.05, 0) is 37.6 Å². The summed E-state index contributed by atoms with van der Waals surface area (Å²) in [6.45, 7) is 0. The van der Waals surface area contributed by atoms with Crippen LogP contribution in [0.5, 0.6) is 0 Å². The van der Waals surface area contributed by atoms with Gasteiger partial charge in [0.1, 0.15) is 11.6 Å². The van der Waals surface area contributed by atoms with Gasteiger partial charge in [-0.15, -0.1) is 0 Å². The molecule has 0 aliphatic heterocycles. The average molecular weight is 267 g/mol. The van der Waals surface area contributed by atoms with E-state index in [1.54, 1.807) is 7.05 Å². The maximum Gasteiger partial charge on any atom is 0.389 e. The van der Waals surface area contributed by atoms with Crippen molar-refractivity contribution in [3.8, 4) is 0 Å². The third-order valence-electron chi connectivity index (χ3n) is 2.59. The Balaban J connectivity index is 2.65. The van der Waals surface area contributed by atoms with Crippen molar-refractivity contribution in [3.05, 3.63) is 35.4 Å². The van der Waals surface area contributed by atoms with E-state index < -0.39 is 30.3 Å². The number of hydrogen-bond acceptors (Lipinski definition) is 1. The van der Waals surface area contributed by atoms with E-state index in [4.69, 9.17) is 0 Å². The topological polar surface area (TPSA) is 12.0 Å². The van der Waals surface area contributed by atoms with Crippen molar-refractivity contribution in [2.24, 2.45) is 0 Å². The van der Waals surface area contributed by atoms with E-state index in [9.17, 15) is 22.0 Å². The Bertz CT molecular complexity index is 368. The van der Waals surface area contributed by atoms with Crippen LogP contribution >= 0.6 is 0 Å². The van der Waals surface area contributed by atoms with Crippen LogP contribution in [0.2, 0.25) is 0 Å². The van der Waals surface area contributed by atoms with Gasteiger partial charge in [0.25, 0.3) is 0 Å². The Morgan fingerprint density at radius 3 is 2.11 bits per heavy atom. The molecule has 1 N–H and O–H groups in total. The van der Waals surface area contributed by atoms with Gasteiger partial charge in [0.15, 0.2) is 0 Å². The van der Waals surface area contributed by atoms with Crippen molar-refractivity contribution in [3.63, 3.8) is 0 Å². The number of nitrogens with one attached hydrogen (secondary N) is 1. The van der Waals surface area contributed by atoms with E-state index >= 15 is 0 Å². The highest BCUT2D eigenvalue weighted by Crippen LogP contribution is 2.26. The maximum absolute atomic E-state index is 13.0. The zero-order valence-electron chi connectivity index (χ0n) is 9.82. The first kappa shape index (κ1) is 14.9. The van der Waals surface area contributed by atoms with E-state index in [1.807, 2.05) is 0 Å². The third-order valence-corrected chi connectivity index (χ3v) is 2.59. The molecule has 102 valence electrons. The normalized spacial score (nSPS) is 13.7. The van der Waals surface area contributed by atoms with Gasteiger partial charge in [0.2, 0.25) is 0 Å². The molecule has 0 saturated carbocycles. The average Bonchev–Trinajstić information content (AvgIpc) is 2.21. The molecule has 1 atom stereocenters. The summed E-state index contributed by atoms with van der Waals surface area (Å²) in [5, 5.41) is 2.76. The molecular weight excluding hydrogens is 253 g/mol. The van der Waals surface area contributed by atoms with Gasteiger partial charge in [-0.2, -0.15) is 13.2 Å². The maximum atomic E-state index is 13.0. The molecule has 0 fully saturated rings. The van der Waals surface area contributed by atoms with Gasteiger partial charge in [0.05, 0.1) is 0 Å². The first-order chi connectivity index (χ1) is 8.31. The van der Waals surface area contributed by atoms with Gasteiger partial charge in [-0.1, -0.05) is 0 Å². The predicted molar refractivity (Wildman–Crippen MR) is 58.1 cm³/mol. The summed E-state index contributed by atoms with van der Waals surface area (Å²) in [5.41, 5.74) is 0.317. The summed E-state index contributed by atoms with van der Waals surface area (Å²) < 4.78 is 62.0. The van der Waals surface area contributed by atoms with E-state index in [2.05, 4.69) is 5.32 Å². The fourth-order valence-electron chi connectivity index (χ4n) is 1.76. The second-order valence-corrected chi connectivity index (χ2v) is 4.05. The molecule has 0 amide bonds. The highest BCUT2D eigenvalue weighted by atomic mass is 19.4. The van der Waals surface area contributed by atoms with Crippen molar-refractivity contribution in [1.82, 2.24) is 5.32 Å². The van der Waals surface area contributed by atoms with Gasteiger partial charge in [-0.3, -0.25) is 0 Å². The SMILES string of the molecule is CNC(CCCC(F)(F)F)c1cc(F)cc(F)c1. The lowest BCUT2D eigenvalue weighted by Crippen LogP contribution is -2.18. The van der Waals surface area contributed by atoms with Gasteiger partial charge in [0, 0.05) is 18.5 Å². The Kier molecular flexibility index (Phi) is 5.07. The Morgan fingerprint density at radius 2 is 1.67 bits per heavy atom. The molecular formula is C12H14F5N. The summed E-state index contributed by atoms with van der Waals surface area (Å²) in [4.78, 5) is 0. The van der Waals surface area contributed by atoms with Crippen LogP contribution in [0.25, 0.3) is 0 Å². The van der Waals surface area contributed by atoms with Crippen LogP contribution in [-0.2, 0) is 0 Å². The molecule has 1 unspecified atom stereocenters. The van der Waals surface area contributed by atoms with Crippen molar-refractivity contribution in [1.29, 1.82) is 0 Å². The molecule has 1 aromatic carbocycles. The highest BCUT2D eigenvalue weighted by Gasteiger charge is 2.26. The predicted octanol–water partition coefficient (Wildman–Crippen LogP) is 3.96. The van der Waals surface area contributed by atoms with Crippen LogP contribution in [0, 0.1) is 11.6 Å². The fraction of sp³-hybridized carbons (Fsp3) is 0.500. The Hall–Kier alpha value is -1.17. The monoisotopic (exact) mass is 267 g/mol. The molecule has 0 bridgehead atoms. The zero-order valence-corrected chi connectivity index (χ0v) is 9.82. The number of benzene rings is 1.